The summed E-state index contributed by atoms with van der Waals surface area (Å²) in [6, 6.07) is 15.9. The molecule has 3 rings (SSSR count). The molecule has 0 aliphatic heterocycles. The van der Waals surface area contributed by atoms with E-state index in [-0.39, 0.29) is 11.6 Å². The van der Waals surface area contributed by atoms with E-state index in [4.69, 9.17) is 16.3 Å². The van der Waals surface area contributed by atoms with Crippen LogP contribution in [0.5, 0.6) is 5.75 Å². The van der Waals surface area contributed by atoms with Gasteiger partial charge in [-0.1, -0.05) is 23.7 Å². The van der Waals surface area contributed by atoms with Gasteiger partial charge in [0.25, 0.3) is 5.91 Å². The van der Waals surface area contributed by atoms with Gasteiger partial charge in [0.15, 0.2) is 0 Å². The van der Waals surface area contributed by atoms with E-state index >= 15 is 0 Å². The molecule has 2 aromatic carbocycles. The molecule has 25 heavy (non-hydrogen) atoms. The summed E-state index contributed by atoms with van der Waals surface area (Å²) in [5, 5.41) is 6.40. The maximum absolute atomic E-state index is 12.4. The number of hydrogen-bond acceptors (Lipinski definition) is 5. The van der Waals surface area contributed by atoms with Crippen molar-refractivity contribution in [3.8, 4) is 5.75 Å². The zero-order valence-corrected chi connectivity index (χ0v) is 14.1. The highest BCUT2D eigenvalue weighted by molar-refractivity contribution is 6.33. The van der Waals surface area contributed by atoms with Crippen molar-refractivity contribution in [2.45, 2.75) is 0 Å². The number of para-hydroxylation sites is 1. The van der Waals surface area contributed by atoms with Gasteiger partial charge in [0.2, 0.25) is 0 Å². The van der Waals surface area contributed by atoms with Crippen LogP contribution in [-0.2, 0) is 0 Å². The molecular formula is C18H15ClN4O2. The molecule has 1 amide bonds. The fraction of sp³-hybridized carbons (Fsp3) is 0.0556. The summed E-state index contributed by atoms with van der Waals surface area (Å²) >= 11 is 6.11. The number of carbonyl (C=O) groups excluding carboxylic acids is 1. The summed E-state index contributed by atoms with van der Waals surface area (Å²) < 4.78 is 5.09. The number of nitrogens with one attached hydrogen (secondary N) is 2. The van der Waals surface area contributed by atoms with Crippen LogP contribution in [0.1, 0.15) is 10.5 Å². The predicted octanol–water partition coefficient (Wildman–Crippen LogP) is 4.13. The van der Waals surface area contributed by atoms with Crippen molar-refractivity contribution in [3.63, 3.8) is 0 Å². The highest BCUT2D eigenvalue weighted by atomic mass is 35.5. The fourth-order valence-corrected chi connectivity index (χ4v) is 2.30. The highest BCUT2D eigenvalue weighted by Gasteiger charge is 2.10. The van der Waals surface area contributed by atoms with Gasteiger partial charge in [-0.2, -0.15) is 0 Å². The Bertz CT molecular complexity index is 884. The molecule has 0 saturated heterocycles. The standard InChI is InChI=1S/C18H15ClN4O2/c1-25-13-8-6-12(7-9-13)22-18(24)16-10-17(21-11-20-16)23-15-5-3-2-4-14(15)19/h2-11H,1H3,(H,22,24)(H,20,21,23). The van der Waals surface area contributed by atoms with E-state index in [0.717, 1.165) is 0 Å². The summed E-state index contributed by atoms with van der Waals surface area (Å²) in [7, 11) is 1.59. The number of ether oxygens (including phenoxy) is 1. The predicted molar refractivity (Wildman–Crippen MR) is 97.7 cm³/mol. The summed E-state index contributed by atoms with van der Waals surface area (Å²) in [6.07, 6.45) is 1.32. The Balaban J connectivity index is 1.74. The molecule has 0 aliphatic rings. The third-order valence-electron chi connectivity index (χ3n) is 3.38. The third kappa shape index (κ3) is 4.24. The SMILES string of the molecule is COc1ccc(NC(=O)c2cc(Nc3ccccc3Cl)ncn2)cc1. The summed E-state index contributed by atoms with van der Waals surface area (Å²) in [4.78, 5) is 20.5. The van der Waals surface area contributed by atoms with E-state index in [0.29, 0.717) is 28.0 Å². The summed E-state index contributed by atoms with van der Waals surface area (Å²) in [5.74, 6) is 0.851. The number of hydrogen-bond donors (Lipinski definition) is 2. The third-order valence-corrected chi connectivity index (χ3v) is 3.71. The minimum atomic E-state index is -0.338. The lowest BCUT2D eigenvalue weighted by molar-refractivity contribution is 0.102. The molecule has 0 aliphatic carbocycles. The van der Waals surface area contributed by atoms with E-state index in [2.05, 4.69) is 20.6 Å². The first-order valence-electron chi connectivity index (χ1n) is 7.45. The molecule has 1 heterocycles. The van der Waals surface area contributed by atoms with Crippen molar-refractivity contribution in [2.24, 2.45) is 0 Å². The maximum Gasteiger partial charge on any atom is 0.274 e. The second-order valence-electron chi connectivity index (χ2n) is 5.08. The monoisotopic (exact) mass is 354 g/mol. The molecule has 0 atom stereocenters. The normalized spacial score (nSPS) is 10.2. The van der Waals surface area contributed by atoms with E-state index in [9.17, 15) is 4.79 Å². The fourth-order valence-electron chi connectivity index (χ4n) is 2.12. The average Bonchev–Trinajstić information content (AvgIpc) is 2.64. The lowest BCUT2D eigenvalue weighted by Gasteiger charge is -2.09. The quantitative estimate of drug-likeness (QED) is 0.720. The van der Waals surface area contributed by atoms with E-state index in [1.165, 1.54) is 6.33 Å². The van der Waals surface area contributed by atoms with Crippen LogP contribution < -0.4 is 15.4 Å². The number of aromatic nitrogens is 2. The van der Waals surface area contributed by atoms with Crippen LogP contribution >= 0.6 is 11.6 Å². The Kier molecular flexibility index (Phi) is 5.11. The highest BCUT2D eigenvalue weighted by Crippen LogP contribution is 2.24. The van der Waals surface area contributed by atoms with Crippen molar-refractivity contribution in [1.29, 1.82) is 0 Å². The van der Waals surface area contributed by atoms with Crippen molar-refractivity contribution >= 4 is 34.7 Å². The van der Waals surface area contributed by atoms with Crippen molar-refractivity contribution < 1.29 is 9.53 Å². The van der Waals surface area contributed by atoms with Gasteiger partial charge in [0, 0.05) is 11.8 Å². The van der Waals surface area contributed by atoms with Crippen LogP contribution in [0.2, 0.25) is 5.02 Å². The largest absolute Gasteiger partial charge is 0.497 e. The van der Waals surface area contributed by atoms with Gasteiger partial charge in [-0.3, -0.25) is 4.79 Å². The van der Waals surface area contributed by atoms with Gasteiger partial charge in [-0.25, -0.2) is 9.97 Å². The van der Waals surface area contributed by atoms with E-state index in [1.807, 2.05) is 18.2 Å². The van der Waals surface area contributed by atoms with Gasteiger partial charge < -0.3 is 15.4 Å². The number of carbonyl (C=O) groups is 1. The second kappa shape index (κ2) is 7.63. The van der Waals surface area contributed by atoms with Crippen LogP contribution in [0.4, 0.5) is 17.2 Å². The zero-order valence-electron chi connectivity index (χ0n) is 13.4. The minimum absolute atomic E-state index is 0.236. The second-order valence-corrected chi connectivity index (χ2v) is 5.48. The number of amides is 1. The van der Waals surface area contributed by atoms with Gasteiger partial charge in [-0.05, 0) is 36.4 Å². The molecule has 1 aromatic heterocycles. The average molecular weight is 355 g/mol. The van der Waals surface area contributed by atoms with Crippen LogP contribution in [0, 0.1) is 0 Å². The number of halogens is 1. The maximum atomic E-state index is 12.4. The van der Waals surface area contributed by atoms with E-state index < -0.39 is 0 Å². The lowest BCUT2D eigenvalue weighted by Crippen LogP contribution is -2.14. The van der Waals surface area contributed by atoms with Crippen LogP contribution in [0.15, 0.2) is 60.9 Å². The number of methoxy groups -OCH3 is 1. The Labute approximate surface area is 149 Å². The van der Waals surface area contributed by atoms with E-state index in [1.54, 1.807) is 43.5 Å². The molecule has 3 aromatic rings. The summed E-state index contributed by atoms with van der Waals surface area (Å²) in [6.45, 7) is 0. The first-order chi connectivity index (χ1) is 12.2. The molecular weight excluding hydrogens is 340 g/mol. The van der Waals surface area contributed by atoms with Crippen LogP contribution in [0.3, 0.4) is 0 Å². The Hall–Kier alpha value is -3.12. The molecule has 0 unspecified atom stereocenters. The first-order valence-corrected chi connectivity index (χ1v) is 7.82. The molecule has 7 heteroatoms. The minimum Gasteiger partial charge on any atom is -0.497 e. The van der Waals surface area contributed by atoms with Gasteiger partial charge >= 0.3 is 0 Å². The smallest absolute Gasteiger partial charge is 0.274 e. The van der Waals surface area contributed by atoms with Gasteiger partial charge in [0.1, 0.15) is 23.6 Å². The summed E-state index contributed by atoms with van der Waals surface area (Å²) in [5.41, 5.74) is 1.58. The number of nitrogens with zero attached hydrogens (tertiary/aromatic N) is 2. The molecule has 0 radical (unpaired) electrons. The molecule has 0 spiro atoms. The first kappa shape index (κ1) is 16.7. The van der Waals surface area contributed by atoms with Gasteiger partial charge in [0.05, 0.1) is 17.8 Å². The van der Waals surface area contributed by atoms with Crippen LogP contribution in [0.25, 0.3) is 0 Å². The van der Waals surface area contributed by atoms with Crippen molar-refractivity contribution in [2.75, 3.05) is 17.7 Å². The Morgan fingerprint density at radius 1 is 1.08 bits per heavy atom. The molecule has 0 fully saturated rings. The Morgan fingerprint density at radius 2 is 1.84 bits per heavy atom. The van der Waals surface area contributed by atoms with Crippen LogP contribution in [-0.4, -0.2) is 23.0 Å². The number of benzene rings is 2. The molecule has 126 valence electrons. The molecule has 0 bridgehead atoms. The Morgan fingerprint density at radius 3 is 2.56 bits per heavy atom. The van der Waals surface area contributed by atoms with Crippen molar-refractivity contribution in [1.82, 2.24) is 9.97 Å². The molecule has 2 N–H and O–H groups in total. The molecule has 0 saturated carbocycles. The number of anilines is 3. The number of rotatable bonds is 5. The molecule has 6 nitrogen and oxygen atoms in total. The lowest BCUT2D eigenvalue weighted by atomic mass is 10.2. The van der Waals surface area contributed by atoms with Crippen molar-refractivity contribution in [3.05, 3.63) is 71.6 Å². The topological polar surface area (TPSA) is 76.1 Å². The zero-order chi connectivity index (χ0) is 17.6. The van der Waals surface area contributed by atoms with Gasteiger partial charge in [-0.15, -0.1) is 0 Å².